The monoisotopic (exact) mass is 215 g/mol. The summed E-state index contributed by atoms with van der Waals surface area (Å²) in [5.41, 5.74) is 3.89. The Kier molecular flexibility index (Phi) is 4.06. The summed E-state index contributed by atoms with van der Waals surface area (Å²) < 4.78 is 0. The molecule has 0 amide bonds. The minimum absolute atomic E-state index is 0.709. The molecule has 0 fully saturated rings. The average molecular weight is 215 g/mol. The van der Waals surface area contributed by atoms with Crippen molar-refractivity contribution in [2.75, 3.05) is 19.0 Å². The average Bonchev–Trinajstić information content (AvgIpc) is 2.26. The van der Waals surface area contributed by atoms with E-state index in [-0.39, 0.29) is 0 Å². The first kappa shape index (κ1) is 12.2. The molecule has 0 aliphatic heterocycles. The minimum Gasteiger partial charge on any atom is -0.377 e. The first-order valence-electron chi connectivity index (χ1n) is 5.17. The summed E-state index contributed by atoms with van der Waals surface area (Å²) in [5.74, 6) is 0. The largest absolute Gasteiger partial charge is 0.377 e. The lowest BCUT2D eigenvalue weighted by Gasteiger charge is -2.18. The fourth-order valence-electron chi connectivity index (χ4n) is 1.71. The van der Waals surface area contributed by atoms with Gasteiger partial charge in [-0.1, -0.05) is 24.8 Å². The summed E-state index contributed by atoms with van der Waals surface area (Å²) in [5, 5.41) is 0. The third-order valence-corrected chi connectivity index (χ3v) is 2.53. The summed E-state index contributed by atoms with van der Waals surface area (Å²) in [7, 11) is 3.98. The number of anilines is 1. The van der Waals surface area contributed by atoms with Gasteiger partial charge in [-0.25, -0.2) is 0 Å². The molecule has 0 spiro atoms. The predicted octanol–water partition coefficient (Wildman–Crippen LogP) is 3.07. The van der Waals surface area contributed by atoms with Gasteiger partial charge in [-0.3, -0.25) is 4.79 Å². The van der Waals surface area contributed by atoms with Crippen LogP contribution in [0, 0.1) is 6.92 Å². The zero-order valence-electron chi connectivity index (χ0n) is 10.0. The van der Waals surface area contributed by atoms with Crippen molar-refractivity contribution < 1.29 is 4.79 Å². The highest BCUT2D eigenvalue weighted by Crippen LogP contribution is 2.25. The van der Waals surface area contributed by atoms with Crippen molar-refractivity contribution in [2.24, 2.45) is 0 Å². The van der Waals surface area contributed by atoms with Gasteiger partial charge in [-0.2, -0.15) is 0 Å². The van der Waals surface area contributed by atoms with Crippen LogP contribution >= 0.6 is 0 Å². The van der Waals surface area contributed by atoms with E-state index in [2.05, 4.69) is 6.58 Å². The molecule has 0 heterocycles. The van der Waals surface area contributed by atoms with Crippen LogP contribution in [0.15, 0.2) is 30.9 Å². The van der Waals surface area contributed by atoms with E-state index in [1.807, 2.05) is 50.2 Å². The van der Waals surface area contributed by atoms with Crippen LogP contribution in [-0.2, 0) is 0 Å². The standard InChI is InChI=1S/C14H17NO/c1-5-6-7-13-11(2)14(15(3)4)9-8-12(13)10-16/h5-10H,1H2,2-4H3/b7-6-. The van der Waals surface area contributed by atoms with Gasteiger partial charge in [0.1, 0.15) is 0 Å². The van der Waals surface area contributed by atoms with Crippen LogP contribution in [0.25, 0.3) is 6.08 Å². The molecule has 0 atom stereocenters. The van der Waals surface area contributed by atoms with E-state index < -0.39 is 0 Å². The van der Waals surface area contributed by atoms with Crippen LogP contribution in [0.5, 0.6) is 0 Å². The Hall–Kier alpha value is -1.83. The Morgan fingerprint density at radius 2 is 2.00 bits per heavy atom. The summed E-state index contributed by atoms with van der Waals surface area (Å²) in [6, 6.07) is 3.81. The van der Waals surface area contributed by atoms with Crippen LogP contribution in [0.4, 0.5) is 5.69 Å². The lowest BCUT2D eigenvalue weighted by atomic mass is 10.00. The number of aldehydes is 1. The second-order valence-corrected chi connectivity index (χ2v) is 3.82. The van der Waals surface area contributed by atoms with Gasteiger partial charge in [0.25, 0.3) is 0 Å². The fourth-order valence-corrected chi connectivity index (χ4v) is 1.71. The Morgan fingerprint density at radius 3 is 2.50 bits per heavy atom. The van der Waals surface area contributed by atoms with E-state index >= 15 is 0 Å². The van der Waals surface area contributed by atoms with Gasteiger partial charge < -0.3 is 4.90 Å². The first-order valence-corrected chi connectivity index (χ1v) is 5.17. The van der Waals surface area contributed by atoms with Crippen molar-refractivity contribution in [2.45, 2.75) is 6.92 Å². The van der Waals surface area contributed by atoms with E-state index in [0.29, 0.717) is 5.56 Å². The first-order chi connectivity index (χ1) is 7.61. The second kappa shape index (κ2) is 5.31. The number of carbonyl (C=O) groups excluding carboxylic acids is 1. The quantitative estimate of drug-likeness (QED) is 0.568. The lowest BCUT2D eigenvalue weighted by Crippen LogP contribution is -2.11. The van der Waals surface area contributed by atoms with Crippen molar-refractivity contribution in [3.05, 3.63) is 47.6 Å². The van der Waals surface area contributed by atoms with Crippen LogP contribution in [-0.4, -0.2) is 20.4 Å². The number of benzene rings is 1. The normalized spacial score (nSPS) is 10.4. The fraction of sp³-hybridized carbons (Fsp3) is 0.214. The number of rotatable bonds is 4. The molecule has 1 aromatic rings. The molecule has 0 bridgehead atoms. The Labute approximate surface area is 96.9 Å². The summed E-state index contributed by atoms with van der Waals surface area (Å²) in [6.45, 7) is 5.65. The number of carbonyl (C=O) groups is 1. The van der Waals surface area contributed by atoms with Gasteiger partial charge in [0.2, 0.25) is 0 Å². The van der Waals surface area contributed by atoms with E-state index in [9.17, 15) is 4.79 Å². The Morgan fingerprint density at radius 1 is 1.31 bits per heavy atom. The minimum atomic E-state index is 0.709. The molecule has 0 unspecified atom stereocenters. The molecule has 0 saturated heterocycles. The molecular weight excluding hydrogens is 198 g/mol. The second-order valence-electron chi connectivity index (χ2n) is 3.82. The lowest BCUT2D eigenvalue weighted by molar-refractivity contribution is 0.112. The van der Waals surface area contributed by atoms with E-state index in [1.54, 1.807) is 6.08 Å². The molecule has 0 aliphatic rings. The number of hydrogen-bond donors (Lipinski definition) is 0. The number of nitrogens with zero attached hydrogens (tertiary/aromatic N) is 1. The molecule has 0 aromatic heterocycles. The maximum atomic E-state index is 11.0. The van der Waals surface area contributed by atoms with Crippen molar-refractivity contribution in [1.82, 2.24) is 0 Å². The van der Waals surface area contributed by atoms with Crippen LogP contribution < -0.4 is 4.90 Å². The summed E-state index contributed by atoms with van der Waals surface area (Å²) >= 11 is 0. The van der Waals surface area contributed by atoms with Crippen molar-refractivity contribution >= 4 is 18.0 Å². The molecule has 16 heavy (non-hydrogen) atoms. The van der Waals surface area contributed by atoms with Gasteiger partial charge in [0.05, 0.1) is 0 Å². The van der Waals surface area contributed by atoms with E-state index in [4.69, 9.17) is 0 Å². The number of hydrogen-bond acceptors (Lipinski definition) is 2. The molecule has 2 heteroatoms. The molecule has 1 aromatic carbocycles. The Bertz CT molecular complexity index is 431. The molecular formula is C14H17NO. The maximum absolute atomic E-state index is 11.0. The van der Waals surface area contributed by atoms with Crippen LogP contribution in [0.3, 0.4) is 0 Å². The molecule has 0 aliphatic carbocycles. The van der Waals surface area contributed by atoms with Crippen molar-refractivity contribution in [1.29, 1.82) is 0 Å². The molecule has 0 radical (unpaired) electrons. The van der Waals surface area contributed by atoms with Gasteiger partial charge >= 0.3 is 0 Å². The van der Waals surface area contributed by atoms with Gasteiger partial charge in [-0.15, -0.1) is 0 Å². The third kappa shape index (κ3) is 2.40. The van der Waals surface area contributed by atoms with Crippen LogP contribution in [0.2, 0.25) is 0 Å². The predicted molar refractivity (Wildman–Crippen MR) is 70.1 cm³/mol. The zero-order valence-corrected chi connectivity index (χ0v) is 10.0. The SMILES string of the molecule is C=C/C=C\c1c(C=O)ccc(N(C)C)c1C. The highest BCUT2D eigenvalue weighted by Gasteiger charge is 2.08. The van der Waals surface area contributed by atoms with Gasteiger partial charge in [0, 0.05) is 25.3 Å². The van der Waals surface area contributed by atoms with E-state index in [0.717, 1.165) is 23.1 Å². The van der Waals surface area contributed by atoms with E-state index in [1.165, 1.54) is 0 Å². The van der Waals surface area contributed by atoms with Crippen LogP contribution in [0.1, 0.15) is 21.5 Å². The Balaban J connectivity index is 3.39. The molecule has 0 N–H and O–H groups in total. The zero-order chi connectivity index (χ0) is 12.1. The summed E-state index contributed by atoms with van der Waals surface area (Å²) in [4.78, 5) is 13.0. The van der Waals surface area contributed by atoms with Crippen molar-refractivity contribution in [3.63, 3.8) is 0 Å². The molecule has 1 rings (SSSR count). The topological polar surface area (TPSA) is 20.3 Å². The highest BCUT2D eigenvalue weighted by atomic mass is 16.1. The smallest absolute Gasteiger partial charge is 0.150 e. The third-order valence-electron chi connectivity index (χ3n) is 2.53. The molecule has 84 valence electrons. The number of allylic oxidation sites excluding steroid dienone is 2. The highest BCUT2D eigenvalue weighted by molar-refractivity contribution is 5.85. The van der Waals surface area contributed by atoms with Gasteiger partial charge in [-0.05, 0) is 30.2 Å². The van der Waals surface area contributed by atoms with Gasteiger partial charge in [0.15, 0.2) is 6.29 Å². The maximum Gasteiger partial charge on any atom is 0.150 e. The molecule has 0 saturated carbocycles. The molecule has 2 nitrogen and oxygen atoms in total. The van der Waals surface area contributed by atoms with Crippen molar-refractivity contribution in [3.8, 4) is 0 Å². The summed E-state index contributed by atoms with van der Waals surface area (Å²) in [6.07, 6.45) is 6.35.